The highest BCUT2D eigenvalue weighted by atomic mass is 32.2. The SMILES string of the molecule is C[C@H](Oc1ccc(F)cc1)C(=O)N(Cc1ccc(-c2ccc(F)cc2)o1)[C@@H]1CCS(=O)(=O)C1. The molecule has 0 saturated carbocycles. The summed E-state index contributed by atoms with van der Waals surface area (Å²) in [6, 6.07) is 14.0. The van der Waals surface area contributed by atoms with Crippen LogP contribution in [0.5, 0.6) is 5.75 Å². The first-order valence-electron chi connectivity index (χ1n) is 10.5. The number of halogens is 2. The molecule has 1 aliphatic rings. The van der Waals surface area contributed by atoms with Crippen LogP contribution in [0.2, 0.25) is 0 Å². The van der Waals surface area contributed by atoms with E-state index in [1.165, 1.54) is 41.3 Å². The molecule has 33 heavy (non-hydrogen) atoms. The highest BCUT2D eigenvalue weighted by Gasteiger charge is 2.37. The van der Waals surface area contributed by atoms with Crippen LogP contribution in [0.15, 0.2) is 65.1 Å². The fourth-order valence-electron chi connectivity index (χ4n) is 3.81. The lowest BCUT2D eigenvalue weighted by atomic mass is 10.1. The van der Waals surface area contributed by atoms with Crippen molar-refractivity contribution in [3.8, 4) is 17.1 Å². The molecule has 0 N–H and O–H groups in total. The minimum atomic E-state index is -3.24. The van der Waals surface area contributed by atoms with Crippen molar-refractivity contribution < 1.29 is 31.1 Å². The van der Waals surface area contributed by atoms with E-state index in [-0.39, 0.29) is 23.9 Å². The Morgan fingerprint density at radius 1 is 1.06 bits per heavy atom. The zero-order valence-electron chi connectivity index (χ0n) is 17.9. The van der Waals surface area contributed by atoms with Gasteiger partial charge in [-0.1, -0.05) is 0 Å². The molecule has 0 radical (unpaired) electrons. The Hall–Kier alpha value is -3.20. The molecule has 2 heterocycles. The molecule has 6 nitrogen and oxygen atoms in total. The summed E-state index contributed by atoms with van der Waals surface area (Å²) in [6.45, 7) is 1.62. The van der Waals surface area contributed by atoms with Crippen molar-refractivity contribution in [1.82, 2.24) is 4.90 Å². The molecule has 0 bridgehead atoms. The summed E-state index contributed by atoms with van der Waals surface area (Å²) < 4.78 is 62.0. The van der Waals surface area contributed by atoms with Crippen molar-refractivity contribution in [3.63, 3.8) is 0 Å². The van der Waals surface area contributed by atoms with Crippen LogP contribution in [0.1, 0.15) is 19.1 Å². The van der Waals surface area contributed by atoms with Gasteiger partial charge in [0.05, 0.1) is 18.1 Å². The highest BCUT2D eigenvalue weighted by Crippen LogP contribution is 2.26. The fourth-order valence-corrected chi connectivity index (χ4v) is 5.54. The highest BCUT2D eigenvalue weighted by molar-refractivity contribution is 7.91. The molecule has 9 heteroatoms. The molecule has 0 unspecified atom stereocenters. The Bertz CT molecular complexity index is 1220. The van der Waals surface area contributed by atoms with Gasteiger partial charge < -0.3 is 14.1 Å². The van der Waals surface area contributed by atoms with Gasteiger partial charge in [-0.2, -0.15) is 0 Å². The summed E-state index contributed by atoms with van der Waals surface area (Å²) in [4.78, 5) is 14.7. The Morgan fingerprint density at radius 3 is 2.30 bits per heavy atom. The third-order valence-electron chi connectivity index (χ3n) is 5.52. The summed E-state index contributed by atoms with van der Waals surface area (Å²) in [5.41, 5.74) is 0.678. The number of benzene rings is 2. The van der Waals surface area contributed by atoms with E-state index in [1.807, 2.05) is 0 Å². The van der Waals surface area contributed by atoms with Crippen LogP contribution in [-0.2, 0) is 21.2 Å². The smallest absolute Gasteiger partial charge is 0.264 e. The summed E-state index contributed by atoms with van der Waals surface area (Å²) in [6.07, 6.45) is -0.603. The zero-order valence-corrected chi connectivity index (χ0v) is 18.7. The van der Waals surface area contributed by atoms with Crippen LogP contribution >= 0.6 is 0 Å². The van der Waals surface area contributed by atoms with Gasteiger partial charge in [-0.05, 0) is 74.0 Å². The molecule has 174 valence electrons. The molecule has 1 aromatic heterocycles. The van der Waals surface area contributed by atoms with E-state index < -0.39 is 33.7 Å². The molecule has 1 amide bonds. The predicted molar refractivity (Wildman–Crippen MR) is 118 cm³/mol. The first kappa shape index (κ1) is 23.0. The number of amides is 1. The second-order valence-corrected chi connectivity index (χ2v) is 10.2. The molecule has 4 rings (SSSR count). The summed E-state index contributed by atoms with van der Waals surface area (Å²) >= 11 is 0. The van der Waals surface area contributed by atoms with Crippen molar-refractivity contribution in [2.45, 2.75) is 32.0 Å². The van der Waals surface area contributed by atoms with Gasteiger partial charge in [0, 0.05) is 11.6 Å². The van der Waals surface area contributed by atoms with E-state index in [4.69, 9.17) is 9.15 Å². The van der Waals surface area contributed by atoms with Crippen LogP contribution in [-0.4, -0.2) is 42.9 Å². The standard InChI is InChI=1S/C24H23F2NO5S/c1-16(31-21-8-6-19(26)7-9-21)24(28)27(20-12-13-33(29,30)15-20)14-22-10-11-23(32-22)17-2-4-18(25)5-3-17/h2-11,16,20H,12-15H2,1H3/t16-,20+/m0/s1. The first-order chi connectivity index (χ1) is 15.7. The number of hydrogen-bond acceptors (Lipinski definition) is 5. The molecule has 0 aliphatic carbocycles. The average molecular weight is 476 g/mol. The second kappa shape index (κ2) is 9.35. The minimum absolute atomic E-state index is 0.00757. The van der Waals surface area contributed by atoms with Crippen LogP contribution in [0.25, 0.3) is 11.3 Å². The lowest BCUT2D eigenvalue weighted by molar-refractivity contribution is -0.140. The first-order valence-corrected chi connectivity index (χ1v) is 12.3. The van der Waals surface area contributed by atoms with Crippen LogP contribution < -0.4 is 4.74 Å². The molecule has 2 aromatic carbocycles. The van der Waals surface area contributed by atoms with E-state index in [1.54, 1.807) is 31.2 Å². The third-order valence-corrected chi connectivity index (χ3v) is 7.27. The van der Waals surface area contributed by atoms with Gasteiger partial charge in [-0.25, -0.2) is 17.2 Å². The Labute approximate surface area is 190 Å². The lowest BCUT2D eigenvalue weighted by Crippen LogP contribution is -2.46. The van der Waals surface area contributed by atoms with Crippen LogP contribution in [0.3, 0.4) is 0 Å². The summed E-state index contributed by atoms with van der Waals surface area (Å²) in [5, 5.41) is 0. The van der Waals surface area contributed by atoms with E-state index in [9.17, 15) is 22.0 Å². The molecule has 1 aliphatic heterocycles. The number of carbonyl (C=O) groups is 1. The number of hydrogen-bond donors (Lipinski definition) is 0. The predicted octanol–water partition coefficient (Wildman–Crippen LogP) is 4.21. The van der Waals surface area contributed by atoms with Crippen molar-refractivity contribution in [1.29, 1.82) is 0 Å². The van der Waals surface area contributed by atoms with E-state index in [0.717, 1.165) is 0 Å². The van der Waals surface area contributed by atoms with Crippen molar-refractivity contribution in [2.75, 3.05) is 11.5 Å². The van der Waals surface area contributed by atoms with Gasteiger partial charge in [0.1, 0.15) is 28.9 Å². The molecular formula is C24H23F2NO5S. The maximum Gasteiger partial charge on any atom is 0.264 e. The van der Waals surface area contributed by atoms with Crippen molar-refractivity contribution in [3.05, 3.63) is 78.1 Å². The number of ether oxygens (including phenoxy) is 1. The number of nitrogens with zero attached hydrogens (tertiary/aromatic N) is 1. The number of furan rings is 1. The number of carbonyl (C=O) groups excluding carboxylic acids is 1. The monoisotopic (exact) mass is 475 g/mol. The zero-order chi connectivity index (χ0) is 23.6. The van der Waals surface area contributed by atoms with E-state index in [0.29, 0.717) is 29.3 Å². The second-order valence-electron chi connectivity index (χ2n) is 8.01. The maximum atomic E-state index is 13.3. The molecule has 2 atom stereocenters. The largest absolute Gasteiger partial charge is 0.481 e. The van der Waals surface area contributed by atoms with Gasteiger partial charge in [-0.3, -0.25) is 4.79 Å². The van der Waals surface area contributed by atoms with Gasteiger partial charge >= 0.3 is 0 Å². The van der Waals surface area contributed by atoms with E-state index in [2.05, 4.69) is 0 Å². The molecular weight excluding hydrogens is 452 g/mol. The van der Waals surface area contributed by atoms with Gasteiger partial charge in [0.15, 0.2) is 15.9 Å². The maximum absolute atomic E-state index is 13.3. The Balaban J connectivity index is 1.54. The van der Waals surface area contributed by atoms with Gasteiger partial charge in [0.25, 0.3) is 5.91 Å². The molecule has 1 fully saturated rings. The average Bonchev–Trinajstić information content (AvgIpc) is 3.39. The molecule has 0 spiro atoms. The summed E-state index contributed by atoms with van der Waals surface area (Å²) in [7, 11) is -3.24. The Kier molecular flexibility index (Phi) is 6.51. The topological polar surface area (TPSA) is 76.8 Å². The van der Waals surface area contributed by atoms with Gasteiger partial charge in [0.2, 0.25) is 0 Å². The van der Waals surface area contributed by atoms with Crippen molar-refractivity contribution >= 4 is 15.7 Å². The number of sulfone groups is 1. The van der Waals surface area contributed by atoms with Crippen LogP contribution in [0.4, 0.5) is 8.78 Å². The van der Waals surface area contributed by atoms with Crippen molar-refractivity contribution in [2.24, 2.45) is 0 Å². The third kappa shape index (κ3) is 5.60. The van der Waals surface area contributed by atoms with Crippen LogP contribution in [0, 0.1) is 11.6 Å². The normalized spacial score (nSPS) is 18.1. The lowest BCUT2D eigenvalue weighted by Gasteiger charge is -2.30. The quantitative estimate of drug-likeness (QED) is 0.512. The molecule has 1 saturated heterocycles. The fraction of sp³-hybridized carbons (Fsp3) is 0.292. The summed E-state index contributed by atoms with van der Waals surface area (Å²) in [5.74, 6) is -0.0166. The number of rotatable bonds is 7. The van der Waals surface area contributed by atoms with Gasteiger partial charge in [-0.15, -0.1) is 0 Å². The van der Waals surface area contributed by atoms with E-state index >= 15 is 0 Å². The Morgan fingerprint density at radius 2 is 1.70 bits per heavy atom. The molecule has 3 aromatic rings. The minimum Gasteiger partial charge on any atom is -0.481 e.